The molecule has 35 heavy (non-hydrogen) atoms. The largest absolute Gasteiger partial charge is 0.574 e. The fourth-order valence-corrected chi connectivity index (χ4v) is 5.27. The topological polar surface area (TPSA) is 102 Å². The van der Waals surface area contributed by atoms with Gasteiger partial charge in [0.15, 0.2) is 11.5 Å². The number of carbonyl (C=O) groups excluding carboxylic acids is 1. The Kier molecular flexibility index (Phi) is 14.9. The molecule has 1 aromatic carbocycles. The van der Waals surface area contributed by atoms with Gasteiger partial charge in [-0.25, -0.2) is 0 Å². The maximum atomic E-state index is 13.6. The van der Waals surface area contributed by atoms with Gasteiger partial charge in [0.05, 0.1) is 39.5 Å². The molecule has 202 valence electrons. The highest BCUT2D eigenvalue weighted by Gasteiger charge is 2.52. The first kappa shape index (κ1) is 31.2. The number of aliphatic hydroxyl groups excluding tert-OH is 1. The number of benzene rings is 1. The molecular weight excluding hydrogens is 472 g/mol. The van der Waals surface area contributed by atoms with Gasteiger partial charge in [0.2, 0.25) is 16.9 Å². The summed E-state index contributed by atoms with van der Waals surface area (Å²) in [6.45, 7) is 7.01. The minimum Gasteiger partial charge on any atom is -0.493 e. The molecule has 1 atom stereocenters. The maximum absolute atomic E-state index is 13.6. The van der Waals surface area contributed by atoms with Crippen LogP contribution in [0, 0.1) is 0 Å². The molecule has 1 unspecified atom stereocenters. The minimum atomic E-state index is -3.73. The third-order valence-electron chi connectivity index (χ3n) is 5.62. The van der Waals surface area contributed by atoms with E-state index in [0.29, 0.717) is 48.4 Å². The Balaban J connectivity index is 3.78. The van der Waals surface area contributed by atoms with Gasteiger partial charge in [0.25, 0.3) is 0 Å². The Morgan fingerprint density at radius 2 is 1.26 bits per heavy atom. The zero-order chi connectivity index (χ0) is 26.3. The maximum Gasteiger partial charge on any atom is 0.574 e. The lowest BCUT2D eigenvalue weighted by atomic mass is 9.98. The number of aliphatic hydroxyl groups is 1. The van der Waals surface area contributed by atoms with Crippen molar-refractivity contribution >= 4 is 14.2 Å². The van der Waals surface area contributed by atoms with Gasteiger partial charge in [0, 0.05) is 26.9 Å². The lowest BCUT2D eigenvalue weighted by Gasteiger charge is -2.29. The summed E-state index contributed by atoms with van der Waals surface area (Å²) in [5.41, 5.74) is 0.405. The van der Waals surface area contributed by atoms with Crippen molar-refractivity contribution in [3.63, 3.8) is 0 Å². The molecule has 0 spiro atoms. The first-order valence-electron chi connectivity index (χ1n) is 12.4. The summed E-state index contributed by atoms with van der Waals surface area (Å²) in [4.78, 5) is 13.6. The van der Waals surface area contributed by atoms with Crippen LogP contribution >= 0.6 is 0 Å². The average Bonchev–Trinajstić information content (AvgIpc) is 2.88. The second kappa shape index (κ2) is 16.8. The lowest BCUT2D eigenvalue weighted by Crippen LogP contribution is -2.54. The van der Waals surface area contributed by atoms with Crippen LogP contribution in [0.3, 0.4) is 0 Å². The second-order valence-corrected chi connectivity index (χ2v) is 10.9. The van der Waals surface area contributed by atoms with E-state index in [1.165, 1.54) is 28.4 Å². The van der Waals surface area contributed by atoms with E-state index < -0.39 is 26.7 Å². The van der Waals surface area contributed by atoms with Crippen molar-refractivity contribution in [2.45, 2.75) is 65.2 Å². The van der Waals surface area contributed by atoms with Crippen LogP contribution in [0.15, 0.2) is 6.07 Å². The van der Waals surface area contributed by atoms with E-state index in [1.54, 1.807) is 6.07 Å². The summed E-state index contributed by atoms with van der Waals surface area (Å²) in [5, 5.41) is 9.88. The fourth-order valence-electron chi connectivity index (χ4n) is 3.49. The van der Waals surface area contributed by atoms with E-state index in [1.807, 2.05) is 0 Å². The Morgan fingerprint density at radius 3 is 1.66 bits per heavy atom. The molecule has 1 aromatic rings. The summed E-state index contributed by atoms with van der Waals surface area (Å²) < 4.78 is 40.3. The van der Waals surface area contributed by atoms with Crippen molar-refractivity contribution in [1.82, 2.24) is 0 Å². The summed E-state index contributed by atoms with van der Waals surface area (Å²) in [6, 6.07) is 1.66. The van der Waals surface area contributed by atoms with E-state index in [2.05, 4.69) is 20.8 Å². The molecule has 0 radical (unpaired) electrons. The molecule has 9 nitrogen and oxygen atoms in total. The van der Waals surface area contributed by atoms with Crippen molar-refractivity contribution in [3.05, 3.63) is 11.6 Å². The Hall–Kier alpha value is -1.85. The first-order chi connectivity index (χ1) is 16.9. The normalized spacial score (nSPS) is 12.3. The van der Waals surface area contributed by atoms with E-state index in [9.17, 15) is 9.90 Å². The number of hydrogen-bond donors (Lipinski definition) is 1. The zero-order valence-corrected chi connectivity index (χ0v) is 23.4. The van der Waals surface area contributed by atoms with Gasteiger partial charge in [-0.2, -0.15) is 0 Å². The molecule has 0 saturated carbocycles. The van der Waals surface area contributed by atoms with E-state index in [0.717, 1.165) is 38.5 Å². The van der Waals surface area contributed by atoms with Gasteiger partial charge >= 0.3 is 8.80 Å². The van der Waals surface area contributed by atoms with Crippen LogP contribution in [0.2, 0.25) is 0 Å². The molecular formula is C25H44O9Si. The van der Waals surface area contributed by atoms with Crippen molar-refractivity contribution < 1.29 is 42.1 Å². The summed E-state index contributed by atoms with van der Waals surface area (Å²) in [6.07, 6.45) is 5.31. The molecule has 1 rings (SSSR count). The molecule has 0 heterocycles. The number of unbranched alkanes of at least 4 members (excludes halogenated alkanes) is 3. The van der Waals surface area contributed by atoms with Crippen molar-refractivity contribution in [1.29, 1.82) is 0 Å². The van der Waals surface area contributed by atoms with Crippen LogP contribution < -0.4 is 18.9 Å². The van der Waals surface area contributed by atoms with Crippen LogP contribution in [0.5, 0.6) is 23.0 Å². The van der Waals surface area contributed by atoms with Gasteiger partial charge in [-0.3, -0.25) is 4.79 Å². The standard InChI is InChI=1S/C25H44O9Si/c1-8-11-14-32-22-19(20(18-26)25(27)35(29-5,30-6)31-7)17-21(28-4)23(33-15-12-9-2)24(22)34-16-13-10-3/h17,20,26H,8-16,18H2,1-7H3. The molecule has 1 N–H and O–H groups in total. The van der Waals surface area contributed by atoms with Crippen molar-refractivity contribution in [2.75, 3.05) is 54.9 Å². The smallest absolute Gasteiger partial charge is 0.493 e. The van der Waals surface area contributed by atoms with Crippen molar-refractivity contribution in [3.8, 4) is 23.0 Å². The average molecular weight is 517 g/mol. The third kappa shape index (κ3) is 8.08. The first-order valence-corrected chi connectivity index (χ1v) is 14.1. The van der Waals surface area contributed by atoms with Gasteiger partial charge in [-0.1, -0.05) is 40.0 Å². The number of ether oxygens (including phenoxy) is 4. The van der Waals surface area contributed by atoms with Gasteiger partial charge in [-0.15, -0.1) is 0 Å². The van der Waals surface area contributed by atoms with Crippen LogP contribution in [0.4, 0.5) is 0 Å². The molecule has 0 aliphatic rings. The minimum absolute atomic E-state index is 0.348. The van der Waals surface area contributed by atoms with Crippen LogP contribution in [-0.4, -0.2) is 74.2 Å². The van der Waals surface area contributed by atoms with E-state index in [-0.39, 0.29) is 0 Å². The lowest BCUT2D eigenvalue weighted by molar-refractivity contribution is -0.120. The third-order valence-corrected chi connectivity index (χ3v) is 8.18. The van der Waals surface area contributed by atoms with Crippen LogP contribution in [0.25, 0.3) is 0 Å². The molecule has 0 amide bonds. The highest BCUT2D eigenvalue weighted by Crippen LogP contribution is 2.50. The molecule has 10 heteroatoms. The molecule has 0 aromatic heterocycles. The predicted octanol–water partition coefficient (Wildman–Crippen LogP) is 4.29. The Morgan fingerprint density at radius 1 is 0.800 bits per heavy atom. The van der Waals surface area contributed by atoms with Gasteiger partial charge < -0.3 is 37.3 Å². The second-order valence-electron chi connectivity index (χ2n) is 8.03. The van der Waals surface area contributed by atoms with Gasteiger partial charge in [-0.05, 0) is 25.3 Å². The highest BCUT2D eigenvalue weighted by molar-refractivity contribution is 6.93. The van der Waals surface area contributed by atoms with Crippen LogP contribution in [-0.2, 0) is 18.1 Å². The van der Waals surface area contributed by atoms with E-state index in [4.69, 9.17) is 32.2 Å². The Bertz CT molecular complexity index is 745. The number of hydrogen-bond acceptors (Lipinski definition) is 9. The zero-order valence-electron chi connectivity index (χ0n) is 22.4. The molecule has 0 aliphatic heterocycles. The number of methoxy groups -OCH3 is 1. The van der Waals surface area contributed by atoms with E-state index >= 15 is 0 Å². The molecule has 0 bridgehead atoms. The predicted molar refractivity (Wildman–Crippen MR) is 136 cm³/mol. The fraction of sp³-hybridized carbons (Fsp3) is 0.720. The summed E-state index contributed by atoms with van der Waals surface area (Å²) >= 11 is 0. The SMILES string of the molecule is CCCCOc1c(OC)cc(C(CO)C(=O)[Si](OC)(OC)OC)c(OCCCC)c1OCCCC. The summed E-state index contributed by atoms with van der Waals surface area (Å²) in [5.74, 6) is 0.470. The van der Waals surface area contributed by atoms with Crippen molar-refractivity contribution in [2.24, 2.45) is 0 Å². The Labute approximate surface area is 211 Å². The van der Waals surface area contributed by atoms with Crippen LogP contribution in [0.1, 0.15) is 70.8 Å². The highest BCUT2D eigenvalue weighted by atomic mass is 28.4. The number of carbonyl (C=O) groups is 1. The molecule has 0 fully saturated rings. The monoisotopic (exact) mass is 516 g/mol. The molecule has 0 aliphatic carbocycles. The quantitative estimate of drug-likeness (QED) is 0.201. The number of rotatable bonds is 20. The van der Waals surface area contributed by atoms with Gasteiger partial charge in [0.1, 0.15) is 0 Å². The molecule has 0 saturated heterocycles. The summed E-state index contributed by atoms with van der Waals surface area (Å²) in [7, 11) is 1.86.